The van der Waals surface area contributed by atoms with Crippen molar-refractivity contribution in [1.29, 1.82) is 0 Å². The number of amides is 1. The summed E-state index contributed by atoms with van der Waals surface area (Å²) >= 11 is 12.2. The fraction of sp³-hybridized carbons (Fsp3) is 0.367. The zero-order chi connectivity index (χ0) is 42.6. The van der Waals surface area contributed by atoms with E-state index in [4.69, 9.17) is 46.9 Å². The number of likely N-dealkylation sites (tertiary alicyclic amines) is 1. The van der Waals surface area contributed by atoms with Crippen LogP contribution in [-0.4, -0.2) is 67.2 Å². The first-order valence-electron chi connectivity index (χ1n) is 20.4. The van der Waals surface area contributed by atoms with E-state index >= 15 is 0 Å². The Morgan fingerprint density at radius 1 is 0.717 bits per heavy atom. The van der Waals surface area contributed by atoms with E-state index < -0.39 is 29.0 Å². The molecule has 2 aliphatic heterocycles. The fourth-order valence-electron chi connectivity index (χ4n) is 7.55. The Bertz CT molecular complexity index is 2070. The molecule has 0 bridgehead atoms. The Hall–Kier alpha value is -4.45. The first-order valence-corrected chi connectivity index (χ1v) is 21.1. The number of methoxy groups -OCH3 is 1. The van der Waals surface area contributed by atoms with Crippen LogP contribution in [0.2, 0.25) is 10.0 Å². The van der Waals surface area contributed by atoms with Gasteiger partial charge in [-0.2, -0.15) is 0 Å². The van der Waals surface area contributed by atoms with Crippen LogP contribution >= 0.6 is 23.2 Å². The van der Waals surface area contributed by atoms with Gasteiger partial charge in [-0.15, -0.1) is 0 Å². The monoisotopic (exact) mass is 854 g/mol. The highest BCUT2D eigenvalue weighted by Crippen LogP contribution is 2.41. The number of carbonyl (C=O) groups excluding carboxylic acids is 1. The number of carbonyl (C=O) groups is 1. The number of ether oxygens (including phenoxy) is 5. The van der Waals surface area contributed by atoms with Gasteiger partial charge in [-0.1, -0.05) is 120 Å². The topological polar surface area (TPSA) is 98.7 Å². The van der Waals surface area contributed by atoms with Crippen molar-refractivity contribution >= 4 is 29.3 Å². The molecule has 2 N–H and O–H groups in total. The molecule has 0 radical (unpaired) electrons. The SMILES string of the molecule is COc1ccc(CO[C@@H]2CN(C(=O)OC(C)(C)C)CC[C@@]2(OCc2ccccc2)c2ccc(Cl)cc2)cc1.O[C@@H]1CNCC[C@@]1(OCc1ccccc1)c1ccc(Cl)cc1. The maximum Gasteiger partial charge on any atom is 0.410 e. The van der Waals surface area contributed by atoms with Crippen molar-refractivity contribution < 1.29 is 33.6 Å². The van der Waals surface area contributed by atoms with E-state index in [1.54, 1.807) is 12.0 Å². The molecule has 0 unspecified atom stereocenters. The molecule has 0 aliphatic carbocycles. The van der Waals surface area contributed by atoms with Crippen LogP contribution in [0.4, 0.5) is 4.79 Å². The Morgan fingerprint density at radius 2 is 1.23 bits per heavy atom. The Kier molecular flexibility index (Phi) is 15.7. The number of nitrogens with zero attached hydrogens (tertiary/aromatic N) is 1. The third-order valence-electron chi connectivity index (χ3n) is 10.8. The second kappa shape index (κ2) is 20.9. The molecule has 2 saturated heterocycles. The van der Waals surface area contributed by atoms with E-state index in [0.717, 1.165) is 46.5 Å². The summed E-state index contributed by atoms with van der Waals surface area (Å²) in [7, 11) is 1.64. The lowest BCUT2D eigenvalue weighted by Gasteiger charge is -2.47. The molecule has 2 aliphatic rings. The molecule has 4 atom stereocenters. The quantitative estimate of drug-likeness (QED) is 0.128. The van der Waals surface area contributed by atoms with Crippen LogP contribution in [0.15, 0.2) is 133 Å². The number of aliphatic hydroxyl groups excluding tert-OH is 1. The molecule has 0 saturated carbocycles. The number of nitrogens with one attached hydrogen (secondary N) is 1. The van der Waals surface area contributed by atoms with Gasteiger partial charge in [-0.3, -0.25) is 0 Å². The minimum absolute atomic E-state index is 0.322. The van der Waals surface area contributed by atoms with Crippen LogP contribution in [0.25, 0.3) is 0 Å². The molecule has 1 amide bonds. The van der Waals surface area contributed by atoms with Crippen molar-refractivity contribution in [2.24, 2.45) is 0 Å². The van der Waals surface area contributed by atoms with Crippen LogP contribution in [0.3, 0.4) is 0 Å². The standard InChI is InChI=1S/C31H36ClNO5.C18H20ClNO2/c1-30(2,3)38-29(34)33-19-18-31(25-12-14-26(32)15-13-25,37-22-23-8-6-5-7-9-23)28(20-33)36-21-24-10-16-27(35-4)17-11-24;19-16-8-6-15(7-9-16)18(10-11-20-12-17(18)21)22-13-14-4-2-1-3-5-14/h5-17,28H,18-22H2,1-4H3;1-9,17,20-21H,10-13H2/t28-,31-;17-,18-/m11/s1. The summed E-state index contributed by atoms with van der Waals surface area (Å²) in [6.45, 7) is 8.96. The number of piperidine rings is 2. The van der Waals surface area contributed by atoms with Crippen molar-refractivity contribution in [3.05, 3.63) is 171 Å². The van der Waals surface area contributed by atoms with Gasteiger partial charge in [0.05, 0.1) is 39.6 Å². The van der Waals surface area contributed by atoms with Crippen LogP contribution in [-0.2, 0) is 50.0 Å². The predicted octanol–water partition coefficient (Wildman–Crippen LogP) is 10.1. The molecule has 7 rings (SSSR count). The van der Waals surface area contributed by atoms with Gasteiger partial charge in [0.2, 0.25) is 0 Å². The smallest absolute Gasteiger partial charge is 0.410 e. The molecule has 318 valence electrons. The first kappa shape index (κ1) is 45.1. The van der Waals surface area contributed by atoms with Gasteiger partial charge < -0.3 is 39.0 Å². The molecule has 5 aromatic carbocycles. The molecule has 2 fully saturated rings. The minimum Gasteiger partial charge on any atom is -0.497 e. The number of aliphatic hydroxyl groups is 1. The highest BCUT2D eigenvalue weighted by molar-refractivity contribution is 6.30. The number of β-amino-alcohol motifs (C(OH)–C–C–N with tert-alkyl or cyclic N) is 1. The second-order valence-electron chi connectivity index (χ2n) is 16.1. The molecule has 11 heteroatoms. The van der Waals surface area contributed by atoms with Crippen LogP contribution in [0, 0.1) is 0 Å². The summed E-state index contributed by atoms with van der Waals surface area (Å²) in [5.41, 5.74) is 3.00. The van der Waals surface area contributed by atoms with E-state index in [9.17, 15) is 9.90 Å². The highest BCUT2D eigenvalue weighted by atomic mass is 35.5. The van der Waals surface area contributed by atoms with Gasteiger partial charge >= 0.3 is 6.09 Å². The lowest BCUT2D eigenvalue weighted by atomic mass is 9.81. The summed E-state index contributed by atoms with van der Waals surface area (Å²) in [5, 5.41) is 15.1. The van der Waals surface area contributed by atoms with Crippen molar-refractivity contribution in [2.75, 3.05) is 33.3 Å². The summed E-state index contributed by atoms with van der Waals surface area (Å²) < 4.78 is 30.6. The van der Waals surface area contributed by atoms with E-state index in [1.165, 1.54) is 0 Å². The Balaban J connectivity index is 0.000000232. The molecule has 60 heavy (non-hydrogen) atoms. The molecule has 0 spiro atoms. The largest absolute Gasteiger partial charge is 0.497 e. The van der Waals surface area contributed by atoms with E-state index in [2.05, 4.69) is 5.32 Å². The Labute approximate surface area is 364 Å². The molecule has 5 aromatic rings. The molecule has 2 heterocycles. The average Bonchev–Trinajstić information content (AvgIpc) is 3.26. The summed E-state index contributed by atoms with van der Waals surface area (Å²) in [4.78, 5) is 14.8. The van der Waals surface area contributed by atoms with Crippen molar-refractivity contribution in [2.45, 2.75) is 82.4 Å². The van der Waals surface area contributed by atoms with Crippen molar-refractivity contribution in [3.8, 4) is 5.75 Å². The van der Waals surface area contributed by atoms with Crippen molar-refractivity contribution in [1.82, 2.24) is 10.2 Å². The first-order chi connectivity index (χ1) is 28.9. The minimum atomic E-state index is -0.800. The normalized spacial score (nSPS) is 21.7. The number of halogens is 2. The Morgan fingerprint density at radius 3 is 1.75 bits per heavy atom. The summed E-state index contributed by atoms with van der Waals surface area (Å²) in [6.07, 6.45) is -0.151. The van der Waals surface area contributed by atoms with Gasteiger partial charge in [0, 0.05) is 29.6 Å². The lowest BCUT2D eigenvalue weighted by Crippen LogP contribution is -2.57. The van der Waals surface area contributed by atoms with Gasteiger partial charge in [0.25, 0.3) is 0 Å². The number of benzene rings is 5. The predicted molar refractivity (Wildman–Crippen MR) is 236 cm³/mol. The average molecular weight is 856 g/mol. The molecule has 9 nitrogen and oxygen atoms in total. The van der Waals surface area contributed by atoms with Gasteiger partial charge in [0.1, 0.15) is 28.7 Å². The van der Waals surface area contributed by atoms with Crippen LogP contribution in [0.1, 0.15) is 61.4 Å². The maximum atomic E-state index is 13.1. The number of hydrogen-bond acceptors (Lipinski definition) is 8. The number of rotatable bonds is 12. The lowest BCUT2D eigenvalue weighted by molar-refractivity contribution is -0.191. The highest BCUT2D eigenvalue weighted by Gasteiger charge is 2.48. The zero-order valence-corrected chi connectivity index (χ0v) is 36.3. The molecular weight excluding hydrogens is 799 g/mol. The fourth-order valence-corrected chi connectivity index (χ4v) is 7.80. The summed E-state index contributed by atoms with van der Waals surface area (Å²) in [5.74, 6) is 0.782. The molecular formula is C49H56Cl2N2O7. The van der Waals surface area contributed by atoms with E-state index in [0.29, 0.717) is 55.9 Å². The second-order valence-corrected chi connectivity index (χ2v) is 17.0. The van der Waals surface area contributed by atoms with Gasteiger partial charge in [0.15, 0.2) is 0 Å². The van der Waals surface area contributed by atoms with Gasteiger partial charge in [-0.05, 0) is 98.0 Å². The number of hydrogen-bond donors (Lipinski definition) is 2. The van der Waals surface area contributed by atoms with Crippen LogP contribution in [0.5, 0.6) is 5.75 Å². The third-order valence-corrected chi connectivity index (χ3v) is 11.3. The van der Waals surface area contributed by atoms with Crippen LogP contribution < -0.4 is 10.1 Å². The van der Waals surface area contributed by atoms with Crippen molar-refractivity contribution in [3.63, 3.8) is 0 Å². The summed E-state index contributed by atoms with van der Waals surface area (Å²) in [6, 6.07) is 43.1. The van der Waals surface area contributed by atoms with E-state index in [1.807, 2.05) is 154 Å². The van der Waals surface area contributed by atoms with E-state index in [-0.39, 0.29) is 6.09 Å². The zero-order valence-electron chi connectivity index (χ0n) is 34.8. The molecule has 0 aromatic heterocycles. The maximum absolute atomic E-state index is 13.1. The third kappa shape index (κ3) is 11.9. The van der Waals surface area contributed by atoms with Gasteiger partial charge in [-0.25, -0.2) is 4.79 Å².